The molecule has 120 valence electrons. The Balaban J connectivity index is 2.10. The number of halogens is 1. The molecule has 2 rings (SSSR count). The summed E-state index contributed by atoms with van der Waals surface area (Å²) in [6.07, 6.45) is 2.77. The number of amides is 2. The smallest absolute Gasteiger partial charge is 0.253 e. The van der Waals surface area contributed by atoms with Crippen LogP contribution in [0.3, 0.4) is 0 Å². The van der Waals surface area contributed by atoms with E-state index in [-0.39, 0.29) is 11.8 Å². The van der Waals surface area contributed by atoms with E-state index in [4.69, 9.17) is 0 Å². The van der Waals surface area contributed by atoms with Gasteiger partial charge in [0.25, 0.3) is 5.91 Å². The number of hydrogen-bond donors (Lipinski definition) is 1. The Morgan fingerprint density at radius 2 is 1.86 bits per heavy atom. The lowest BCUT2D eigenvalue weighted by molar-refractivity contribution is -0.132. The SMILES string of the molecule is CC(C)C[C@@H](NC(=O)c1ccccc1Br)C(=O)N1CCCC1. The van der Waals surface area contributed by atoms with Crippen LogP contribution in [0.4, 0.5) is 0 Å². The van der Waals surface area contributed by atoms with Gasteiger partial charge in [0.05, 0.1) is 5.56 Å². The third kappa shape index (κ3) is 4.32. The normalized spacial score (nSPS) is 15.9. The first-order valence-electron chi connectivity index (χ1n) is 7.83. The molecule has 0 aromatic heterocycles. The topological polar surface area (TPSA) is 49.4 Å². The molecule has 4 nitrogen and oxygen atoms in total. The predicted molar refractivity (Wildman–Crippen MR) is 90.7 cm³/mol. The van der Waals surface area contributed by atoms with E-state index in [1.807, 2.05) is 23.1 Å². The summed E-state index contributed by atoms with van der Waals surface area (Å²) in [6.45, 7) is 5.74. The van der Waals surface area contributed by atoms with Gasteiger partial charge in [-0.25, -0.2) is 0 Å². The standard InChI is InChI=1S/C17H23BrN2O2/c1-12(2)11-15(17(22)20-9-5-6-10-20)19-16(21)13-7-3-4-8-14(13)18/h3-4,7-8,12,15H,5-6,9-11H2,1-2H3,(H,19,21)/t15-/m1/s1. The molecule has 0 saturated carbocycles. The molecule has 22 heavy (non-hydrogen) atoms. The van der Waals surface area contributed by atoms with Gasteiger partial charge in [-0.05, 0) is 53.2 Å². The zero-order valence-electron chi connectivity index (χ0n) is 13.1. The summed E-state index contributed by atoms with van der Waals surface area (Å²) >= 11 is 3.38. The number of likely N-dealkylation sites (tertiary alicyclic amines) is 1. The van der Waals surface area contributed by atoms with Crippen LogP contribution in [-0.2, 0) is 4.79 Å². The highest BCUT2D eigenvalue weighted by atomic mass is 79.9. The predicted octanol–water partition coefficient (Wildman–Crippen LogP) is 3.22. The van der Waals surface area contributed by atoms with E-state index in [9.17, 15) is 9.59 Å². The molecule has 0 bridgehead atoms. The highest BCUT2D eigenvalue weighted by Crippen LogP contribution is 2.18. The van der Waals surface area contributed by atoms with Crippen LogP contribution in [0.15, 0.2) is 28.7 Å². The monoisotopic (exact) mass is 366 g/mol. The summed E-state index contributed by atoms with van der Waals surface area (Å²) in [4.78, 5) is 27.0. The second-order valence-corrected chi connectivity index (χ2v) is 7.02. The fraction of sp³-hybridized carbons (Fsp3) is 0.529. The lowest BCUT2D eigenvalue weighted by atomic mass is 10.0. The van der Waals surface area contributed by atoms with Crippen molar-refractivity contribution in [3.05, 3.63) is 34.3 Å². The lowest BCUT2D eigenvalue weighted by Gasteiger charge is -2.25. The number of carbonyl (C=O) groups is 2. The van der Waals surface area contributed by atoms with Gasteiger partial charge in [-0.2, -0.15) is 0 Å². The maximum Gasteiger partial charge on any atom is 0.253 e. The van der Waals surface area contributed by atoms with E-state index in [1.54, 1.807) is 6.07 Å². The average Bonchev–Trinajstić information content (AvgIpc) is 2.99. The maximum absolute atomic E-state index is 12.6. The molecule has 0 spiro atoms. The molecule has 2 amide bonds. The van der Waals surface area contributed by atoms with Gasteiger partial charge in [-0.15, -0.1) is 0 Å². The van der Waals surface area contributed by atoms with Gasteiger partial charge in [-0.1, -0.05) is 26.0 Å². The lowest BCUT2D eigenvalue weighted by Crippen LogP contribution is -2.48. The molecule has 1 aliphatic rings. The minimum Gasteiger partial charge on any atom is -0.341 e. The molecule has 1 N–H and O–H groups in total. The minimum atomic E-state index is -0.447. The molecule has 1 saturated heterocycles. The molecule has 0 radical (unpaired) electrons. The summed E-state index contributed by atoms with van der Waals surface area (Å²) < 4.78 is 0.740. The first-order valence-corrected chi connectivity index (χ1v) is 8.62. The third-order valence-corrected chi connectivity index (χ3v) is 4.54. The quantitative estimate of drug-likeness (QED) is 0.869. The van der Waals surface area contributed by atoms with Gasteiger partial charge >= 0.3 is 0 Å². The van der Waals surface area contributed by atoms with E-state index < -0.39 is 6.04 Å². The summed E-state index contributed by atoms with van der Waals surface area (Å²) in [7, 11) is 0. The van der Waals surface area contributed by atoms with Gasteiger partial charge in [0.15, 0.2) is 0 Å². The minimum absolute atomic E-state index is 0.0478. The van der Waals surface area contributed by atoms with Crippen molar-refractivity contribution in [1.29, 1.82) is 0 Å². The number of rotatable bonds is 5. The number of hydrogen-bond acceptors (Lipinski definition) is 2. The molecule has 1 heterocycles. The first-order chi connectivity index (χ1) is 10.5. The molecule has 1 atom stereocenters. The van der Waals surface area contributed by atoms with Gasteiger partial charge in [0.1, 0.15) is 6.04 Å². The Hall–Kier alpha value is -1.36. The Morgan fingerprint density at radius 3 is 2.45 bits per heavy atom. The van der Waals surface area contributed by atoms with E-state index in [0.29, 0.717) is 17.9 Å². The average molecular weight is 367 g/mol. The zero-order valence-corrected chi connectivity index (χ0v) is 14.7. The molecular weight excluding hydrogens is 344 g/mol. The molecule has 1 aromatic rings. The largest absolute Gasteiger partial charge is 0.341 e. The van der Waals surface area contributed by atoms with Crippen LogP contribution in [0.1, 0.15) is 43.5 Å². The van der Waals surface area contributed by atoms with Crippen molar-refractivity contribution in [3.63, 3.8) is 0 Å². The Labute approximate surface area is 140 Å². The zero-order chi connectivity index (χ0) is 16.1. The number of nitrogens with zero attached hydrogens (tertiary/aromatic N) is 1. The van der Waals surface area contributed by atoms with Gasteiger partial charge < -0.3 is 10.2 Å². The van der Waals surface area contributed by atoms with Crippen LogP contribution in [0.2, 0.25) is 0 Å². The Bertz CT molecular complexity index is 539. The van der Waals surface area contributed by atoms with Crippen LogP contribution in [0.5, 0.6) is 0 Å². The van der Waals surface area contributed by atoms with Crippen LogP contribution in [0.25, 0.3) is 0 Å². The van der Waals surface area contributed by atoms with Gasteiger partial charge in [0, 0.05) is 17.6 Å². The second-order valence-electron chi connectivity index (χ2n) is 6.17. The first kappa shape index (κ1) is 17.0. The molecule has 0 unspecified atom stereocenters. The molecule has 1 fully saturated rings. The number of benzene rings is 1. The highest BCUT2D eigenvalue weighted by molar-refractivity contribution is 9.10. The van der Waals surface area contributed by atoms with Crippen LogP contribution in [-0.4, -0.2) is 35.8 Å². The summed E-state index contributed by atoms with van der Waals surface area (Å²) in [6, 6.07) is 6.82. The van der Waals surface area contributed by atoms with Gasteiger partial charge in [-0.3, -0.25) is 9.59 Å². The van der Waals surface area contributed by atoms with Crippen molar-refractivity contribution in [3.8, 4) is 0 Å². The van der Waals surface area contributed by atoms with E-state index in [2.05, 4.69) is 35.1 Å². The maximum atomic E-state index is 12.6. The number of nitrogens with one attached hydrogen (secondary N) is 1. The fourth-order valence-corrected chi connectivity index (χ4v) is 3.20. The summed E-state index contributed by atoms with van der Waals surface area (Å²) in [5.74, 6) is 0.188. The van der Waals surface area contributed by atoms with E-state index in [1.165, 1.54) is 0 Å². The van der Waals surface area contributed by atoms with Crippen molar-refractivity contribution in [2.24, 2.45) is 5.92 Å². The van der Waals surface area contributed by atoms with Crippen molar-refractivity contribution >= 4 is 27.7 Å². The number of carbonyl (C=O) groups excluding carboxylic acids is 2. The van der Waals surface area contributed by atoms with E-state index in [0.717, 1.165) is 30.4 Å². The molecular formula is C17H23BrN2O2. The Morgan fingerprint density at radius 1 is 1.23 bits per heavy atom. The fourth-order valence-electron chi connectivity index (χ4n) is 2.73. The van der Waals surface area contributed by atoms with Gasteiger partial charge in [0.2, 0.25) is 5.91 Å². The van der Waals surface area contributed by atoms with Crippen LogP contribution in [0, 0.1) is 5.92 Å². The van der Waals surface area contributed by atoms with Crippen molar-refractivity contribution in [2.75, 3.05) is 13.1 Å². The van der Waals surface area contributed by atoms with E-state index >= 15 is 0 Å². The molecule has 1 aliphatic heterocycles. The van der Waals surface area contributed by atoms with Crippen molar-refractivity contribution in [1.82, 2.24) is 10.2 Å². The molecule has 5 heteroatoms. The van der Waals surface area contributed by atoms with Crippen molar-refractivity contribution < 1.29 is 9.59 Å². The van der Waals surface area contributed by atoms with Crippen molar-refractivity contribution in [2.45, 2.75) is 39.2 Å². The van der Waals surface area contributed by atoms with Crippen LogP contribution >= 0.6 is 15.9 Å². The Kier molecular flexibility index (Phi) is 6.00. The molecule has 0 aliphatic carbocycles. The van der Waals surface area contributed by atoms with Crippen LogP contribution < -0.4 is 5.32 Å². The second kappa shape index (κ2) is 7.77. The summed E-state index contributed by atoms with van der Waals surface area (Å²) in [5, 5.41) is 2.92. The highest BCUT2D eigenvalue weighted by Gasteiger charge is 2.28. The molecule has 1 aromatic carbocycles. The summed E-state index contributed by atoms with van der Waals surface area (Å²) in [5.41, 5.74) is 0.561. The third-order valence-electron chi connectivity index (χ3n) is 3.85.